The average Bonchev–Trinajstić information content (AvgIpc) is 2.67. The molecule has 0 aromatic heterocycles. The summed E-state index contributed by atoms with van der Waals surface area (Å²) in [6.45, 7) is 2.31. The summed E-state index contributed by atoms with van der Waals surface area (Å²) in [5.41, 5.74) is 0. The number of rotatable bonds is 4. The third kappa shape index (κ3) is 2.63. The summed E-state index contributed by atoms with van der Waals surface area (Å²) in [5.74, 6) is 3.96. The van der Waals surface area contributed by atoms with Crippen LogP contribution in [-0.2, 0) is 0 Å². The molecule has 0 nitrogen and oxygen atoms in total. The summed E-state index contributed by atoms with van der Waals surface area (Å²) in [5, 5.41) is 2.07. The van der Waals surface area contributed by atoms with Gasteiger partial charge in [-0.3, -0.25) is 0 Å². The second kappa shape index (κ2) is 5.69. The maximum Gasteiger partial charge on any atom is 0.00940 e. The van der Waals surface area contributed by atoms with E-state index in [0.29, 0.717) is 0 Å². The second-order valence-corrected chi connectivity index (χ2v) is 7.25. The van der Waals surface area contributed by atoms with Crippen LogP contribution < -0.4 is 0 Å². The van der Waals surface area contributed by atoms with Gasteiger partial charge < -0.3 is 0 Å². The zero-order valence-corrected chi connectivity index (χ0v) is 10.8. The number of thioether (sulfide) groups is 2. The molecule has 2 heterocycles. The quantitative estimate of drug-likeness (QED) is 0.664. The van der Waals surface area contributed by atoms with Gasteiger partial charge in [-0.1, -0.05) is 26.2 Å². The predicted molar refractivity (Wildman–Crippen MR) is 69.4 cm³/mol. The molecule has 3 unspecified atom stereocenters. The van der Waals surface area contributed by atoms with Crippen LogP contribution in [0.5, 0.6) is 0 Å². The van der Waals surface area contributed by atoms with Crippen molar-refractivity contribution in [3.63, 3.8) is 0 Å². The van der Waals surface area contributed by atoms with Crippen LogP contribution in [0, 0.1) is 5.92 Å². The van der Waals surface area contributed by atoms with Crippen LogP contribution in [0.3, 0.4) is 0 Å². The molecule has 3 atom stereocenters. The highest BCUT2D eigenvalue weighted by molar-refractivity contribution is 8.01. The van der Waals surface area contributed by atoms with E-state index in [1.165, 1.54) is 50.0 Å². The molecule has 2 saturated heterocycles. The van der Waals surface area contributed by atoms with Crippen LogP contribution in [0.4, 0.5) is 0 Å². The maximum absolute atomic E-state index is 2.31. The molecule has 2 aliphatic rings. The summed E-state index contributed by atoms with van der Waals surface area (Å²) in [7, 11) is 0. The van der Waals surface area contributed by atoms with Gasteiger partial charge in [0.05, 0.1) is 0 Å². The molecule has 0 aromatic carbocycles. The fourth-order valence-corrected chi connectivity index (χ4v) is 6.16. The summed E-state index contributed by atoms with van der Waals surface area (Å²) in [6, 6.07) is 0. The van der Waals surface area contributed by atoms with Gasteiger partial charge in [0.15, 0.2) is 0 Å². The van der Waals surface area contributed by atoms with Gasteiger partial charge in [0.1, 0.15) is 0 Å². The molecular weight excluding hydrogens is 208 g/mol. The van der Waals surface area contributed by atoms with E-state index in [1.807, 2.05) is 0 Å². The fraction of sp³-hybridized carbons (Fsp3) is 1.00. The van der Waals surface area contributed by atoms with Crippen LogP contribution in [0.15, 0.2) is 0 Å². The van der Waals surface area contributed by atoms with Crippen LogP contribution in [0.25, 0.3) is 0 Å². The van der Waals surface area contributed by atoms with Crippen LogP contribution >= 0.6 is 23.5 Å². The number of fused-ring (bicyclic) bond motifs is 1. The van der Waals surface area contributed by atoms with Crippen molar-refractivity contribution in [1.29, 1.82) is 0 Å². The van der Waals surface area contributed by atoms with Crippen molar-refractivity contribution in [3.8, 4) is 0 Å². The van der Waals surface area contributed by atoms with Gasteiger partial charge in [-0.25, -0.2) is 0 Å². The molecule has 14 heavy (non-hydrogen) atoms. The van der Waals surface area contributed by atoms with Gasteiger partial charge in [-0.15, -0.1) is 0 Å². The lowest BCUT2D eigenvalue weighted by atomic mass is 9.92. The Bertz CT molecular complexity index is 170. The molecule has 0 aromatic rings. The lowest BCUT2D eigenvalue weighted by molar-refractivity contribution is 0.442. The molecule has 0 radical (unpaired) electrons. The zero-order valence-electron chi connectivity index (χ0n) is 9.21. The Labute approximate surface area is 97.0 Å². The van der Waals surface area contributed by atoms with Gasteiger partial charge in [-0.05, 0) is 36.7 Å². The standard InChI is InChI=1S/C12H22S2/c1-2-3-4-5-11-10-6-8-13-12(10)7-9-14-11/h10-12H,2-9H2,1H3. The summed E-state index contributed by atoms with van der Waals surface area (Å²) >= 11 is 4.53. The number of unbranched alkanes of at least 4 members (excludes halogenated alkanes) is 2. The van der Waals surface area contributed by atoms with E-state index >= 15 is 0 Å². The first-order chi connectivity index (χ1) is 6.92. The molecule has 2 rings (SSSR count). The number of hydrogen-bond acceptors (Lipinski definition) is 2. The Balaban J connectivity index is 1.78. The largest absolute Gasteiger partial charge is 0.158 e. The molecular formula is C12H22S2. The zero-order chi connectivity index (χ0) is 9.80. The highest BCUT2D eigenvalue weighted by Crippen LogP contribution is 2.46. The minimum atomic E-state index is 1.02. The first-order valence-corrected chi connectivity index (χ1v) is 8.24. The molecule has 0 bridgehead atoms. The highest BCUT2D eigenvalue weighted by atomic mass is 32.2. The van der Waals surface area contributed by atoms with E-state index in [9.17, 15) is 0 Å². The smallest absolute Gasteiger partial charge is 0.00940 e. The Kier molecular flexibility index (Phi) is 4.55. The van der Waals surface area contributed by atoms with Crippen molar-refractivity contribution >= 4 is 23.5 Å². The van der Waals surface area contributed by atoms with E-state index in [0.717, 1.165) is 16.4 Å². The van der Waals surface area contributed by atoms with Gasteiger partial charge in [0.25, 0.3) is 0 Å². The first kappa shape index (κ1) is 11.2. The van der Waals surface area contributed by atoms with E-state index in [4.69, 9.17) is 0 Å². The van der Waals surface area contributed by atoms with E-state index in [-0.39, 0.29) is 0 Å². The van der Waals surface area contributed by atoms with Crippen molar-refractivity contribution in [2.75, 3.05) is 11.5 Å². The lowest BCUT2D eigenvalue weighted by Gasteiger charge is -2.32. The summed E-state index contributed by atoms with van der Waals surface area (Å²) < 4.78 is 0. The van der Waals surface area contributed by atoms with Crippen molar-refractivity contribution in [3.05, 3.63) is 0 Å². The van der Waals surface area contributed by atoms with Gasteiger partial charge in [0, 0.05) is 10.5 Å². The molecule has 2 aliphatic heterocycles. The molecule has 0 aliphatic carbocycles. The van der Waals surface area contributed by atoms with Crippen molar-refractivity contribution in [2.24, 2.45) is 5.92 Å². The first-order valence-electron chi connectivity index (χ1n) is 6.15. The molecule has 0 spiro atoms. The SMILES string of the molecule is CCCCCC1SCCC2SCCC12. The summed E-state index contributed by atoms with van der Waals surface area (Å²) in [4.78, 5) is 0. The van der Waals surface area contributed by atoms with Crippen molar-refractivity contribution < 1.29 is 0 Å². The topological polar surface area (TPSA) is 0 Å². The summed E-state index contributed by atoms with van der Waals surface area (Å²) in [6.07, 6.45) is 8.80. The van der Waals surface area contributed by atoms with Crippen LogP contribution in [0.2, 0.25) is 0 Å². The Hall–Kier alpha value is 0.700. The average molecular weight is 230 g/mol. The third-order valence-corrected chi connectivity index (χ3v) is 6.53. The van der Waals surface area contributed by atoms with E-state index in [1.54, 1.807) is 0 Å². The van der Waals surface area contributed by atoms with E-state index in [2.05, 4.69) is 30.4 Å². The Morgan fingerprint density at radius 3 is 2.79 bits per heavy atom. The highest BCUT2D eigenvalue weighted by Gasteiger charge is 2.36. The minimum absolute atomic E-state index is 1.02. The molecule has 0 amide bonds. The van der Waals surface area contributed by atoms with Crippen molar-refractivity contribution in [1.82, 2.24) is 0 Å². The van der Waals surface area contributed by atoms with Crippen LogP contribution in [-0.4, -0.2) is 22.0 Å². The van der Waals surface area contributed by atoms with Gasteiger partial charge >= 0.3 is 0 Å². The normalized spacial score (nSPS) is 37.1. The second-order valence-electron chi connectivity index (χ2n) is 4.56. The fourth-order valence-electron chi connectivity index (χ4n) is 2.74. The Morgan fingerprint density at radius 1 is 1.07 bits per heavy atom. The monoisotopic (exact) mass is 230 g/mol. The molecule has 2 heteroatoms. The van der Waals surface area contributed by atoms with Gasteiger partial charge in [0.2, 0.25) is 0 Å². The predicted octanol–water partition coefficient (Wildman–Crippen LogP) is 4.19. The van der Waals surface area contributed by atoms with Crippen LogP contribution in [0.1, 0.15) is 45.4 Å². The molecule has 2 fully saturated rings. The molecule has 82 valence electrons. The molecule has 0 saturated carbocycles. The molecule has 0 N–H and O–H groups in total. The van der Waals surface area contributed by atoms with Gasteiger partial charge in [-0.2, -0.15) is 23.5 Å². The third-order valence-electron chi connectivity index (χ3n) is 3.56. The lowest BCUT2D eigenvalue weighted by Crippen LogP contribution is -2.29. The number of hydrogen-bond donors (Lipinski definition) is 0. The Morgan fingerprint density at radius 2 is 1.93 bits per heavy atom. The minimum Gasteiger partial charge on any atom is -0.158 e. The van der Waals surface area contributed by atoms with E-state index < -0.39 is 0 Å². The maximum atomic E-state index is 2.31. The van der Waals surface area contributed by atoms with Crippen molar-refractivity contribution in [2.45, 2.75) is 55.9 Å².